The second kappa shape index (κ2) is 9.19. The van der Waals surface area contributed by atoms with Gasteiger partial charge in [0.05, 0.1) is 6.10 Å². The molecule has 0 aromatic heterocycles. The van der Waals surface area contributed by atoms with Crippen molar-refractivity contribution in [1.29, 1.82) is 0 Å². The van der Waals surface area contributed by atoms with Crippen molar-refractivity contribution in [2.45, 2.75) is 50.9 Å². The minimum absolute atomic E-state index is 0.0589. The van der Waals surface area contributed by atoms with E-state index < -0.39 is 61.2 Å². The first-order chi connectivity index (χ1) is 13.0. The highest BCUT2D eigenvalue weighted by Crippen LogP contribution is 2.33. The Morgan fingerprint density at radius 2 is 1.87 bits per heavy atom. The van der Waals surface area contributed by atoms with Gasteiger partial charge < -0.3 is 15.3 Å². The summed E-state index contributed by atoms with van der Waals surface area (Å²) in [5.41, 5.74) is 0. The Hall–Kier alpha value is -2.02. The number of aliphatic hydroxyl groups excluding tert-OH is 1. The van der Waals surface area contributed by atoms with Crippen LogP contribution in [0.4, 0.5) is 0 Å². The molecule has 128 valence electrons. The van der Waals surface area contributed by atoms with E-state index >= 15 is 0 Å². The number of allylic oxidation sites excluding steroid dienone is 1. The maximum atomic E-state index is 12.1. The first-order valence-electron chi connectivity index (χ1n) is 9.91. The number of carbonyl (C=O) groups is 4. The van der Waals surface area contributed by atoms with Crippen LogP contribution in [-0.4, -0.2) is 44.9 Å². The lowest BCUT2D eigenvalue weighted by Gasteiger charge is -2.16. The Kier molecular flexibility index (Phi) is 4.60. The van der Waals surface area contributed by atoms with Gasteiger partial charge in [-0.25, -0.2) is 0 Å². The maximum absolute atomic E-state index is 12.1. The highest BCUT2D eigenvalue weighted by Gasteiger charge is 2.39. The van der Waals surface area contributed by atoms with Crippen LogP contribution in [0.5, 0.6) is 0 Å². The molecule has 1 rings (SSSR count). The van der Waals surface area contributed by atoms with Crippen molar-refractivity contribution in [3.8, 4) is 0 Å². The highest BCUT2D eigenvalue weighted by molar-refractivity contribution is 5.90. The zero-order chi connectivity index (χ0) is 22.8. The van der Waals surface area contributed by atoms with E-state index in [4.69, 9.17) is 18.4 Å². The summed E-state index contributed by atoms with van der Waals surface area (Å²) in [4.78, 5) is 45.6. The van der Waals surface area contributed by atoms with Crippen molar-refractivity contribution in [3.63, 3.8) is 0 Å². The lowest BCUT2D eigenvalue weighted by Crippen LogP contribution is -2.19. The van der Waals surface area contributed by atoms with E-state index in [0.717, 1.165) is 12.2 Å². The normalized spacial score (nSPS) is 30.0. The van der Waals surface area contributed by atoms with Crippen LogP contribution in [0, 0.1) is 11.8 Å². The predicted octanol–water partition coefficient (Wildman–Crippen LogP) is 1.19. The van der Waals surface area contributed by atoms with Gasteiger partial charge in [0.25, 0.3) is 0 Å². The summed E-state index contributed by atoms with van der Waals surface area (Å²) in [7, 11) is 0. The molecule has 23 heavy (non-hydrogen) atoms. The van der Waals surface area contributed by atoms with Gasteiger partial charge in [-0.3, -0.25) is 19.2 Å². The molecule has 0 heterocycles. The summed E-state index contributed by atoms with van der Waals surface area (Å²) >= 11 is 0. The zero-order valence-corrected chi connectivity index (χ0v) is 12.2. The van der Waals surface area contributed by atoms with Gasteiger partial charge >= 0.3 is 11.9 Å². The molecule has 1 aliphatic rings. The number of carboxylic acid groups (broad SMARTS) is 2. The fraction of sp³-hybridized carbons (Fsp3) is 0.625. The quantitative estimate of drug-likeness (QED) is 0.512. The van der Waals surface area contributed by atoms with Gasteiger partial charge in [0.2, 0.25) is 0 Å². The lowest BCUT2D eigenvalue weighted by molar-refractivity contribution is -0.138. The molecule has 0 unspecified atom stereocenters. The molecule has 3 atom stereocenters. The molecule has 7 nitrogen and oxygen atoms in total. The van der Waals surface area contributed by atoms with Gasteiger partial charge in [0, 0.05) is 45.7 Å². The topological polar surface area (TPSA) is 129 Å². The molecule has 0 saturated heterocycles. The van der Waals surface area contributed by atoms with Crippen LogP contribution >= 0.6 is 0 Å². The number of rotatable bonds is 10. The molecule has 0 aliphatic heterocycles. The van der Waals surface area contributed by atoms with Crippen molar-refractivity contribution in [1.82, 2.24) is 0 Å². The van der Waals surface area contributed by atoms with E-state index in [0.29, 0.717) is 0 Å². The molecule has 1 aliphatic carbocycles. The van der Waals surface area contributed by atoms with Gasteiger partial charge in [-0.2, -0.15) is 0 Å². The van der Waals surface area contributed by atoms with Crippen molar-refractivity contribution >= 4 is 23.5 Å². The second-order valence-corrected chi connectivity index (χ2v) is 5.09. The average molecular weight is 332 g/mol. The Morgan fingerprint density at radius 3 is 2.48 bits per heavy atom. The van der Waals surface area contributed by atoms with Gasteiger partial charge in [0.15, 0.2) is 5.78 Å². The summed E-state index contributed by atoms with van der Waals surface area (Å²) in [5, 5.41) is 27.5. The number of aliphatic carboxylic acids is 2. The molecule has 3 N–H and O–H groups in total. The molecule has 0 radical (unpaired) electrons. The van der Waals surface area contributed by atoms with E-state index in [9.17, 15) is 24.3 Å². The van der Waals surface area contributed by atoms with Crippen molar-refractivity contribution in [2.24, 2.45) is 11.8 Å². The first kappa shape index (κ1) is 11.5. The van der Waals surface area contributed by atoms with Crippen LogP contribution in [0.25, 0.3) is 0 Å². The standard InChI is InChI=1S/C16H22O7/c17-10(3-1-2-4-15(20)21)5-6-11-12(7-8-16(22)23)14(19)9-13(11)18/h5-6,11-13,18H,1-4,7-9H2,(H,20,21)(H,22,23)/b6-5+/t11-,12-,13-/m1/s1/i1D2,2D2,4D2. The number of carbonyl (C=O) groups excluding carboxylic acids is 2. The summed E-state index contributed by atoms with van der Waals surface area (Å²) in [6.45, 7) is 0. The molecule has 1 saturated carbocycles. The van der Waals surface area contributed by atoms with Crippen LogP contribution in [-0.2, 0) is 19.2 Å². The number of carboxylic acids is 2. The summed E-state index contributed by atoms with van der Waals surface area (Å²) < 4.78 is 45.1. The Balaban J connectivity index is 2.94. The molecular formula is C16H22O7. The van der Waals surface area contributed by atoms with E-state index in [2.05, 4.69) is 0 Å². The van der Waals surface area contributed by atoms with Gasteiger partial charge in [-0.1, -0.05) is 6.08 Å². The summed E-state index contributed by atoms with van der Waals surface area (Å²) in [6, 6.07) is 0. The molecule has 0 amide bonds. The summed E-state index contributed by atoms with van der Waals surface area (Å²) in [6.07, 6.45) is -11.3. The highest BCUT2D eigenvalue weighted by atomic mass is 16.4. The molecule has 0 bridgehead atoms. The van der Waals surface area contributed by atoms with Gasteiger partial charge in [-0.15, -0.1) is 0 Å². The molecular weight excluding hydrogens is 304 g/mol. The lowest BCUT2D eigenvalue weighted by atomic mass is 9.89. The molecule has 0 spiro atoms. The van der Waals surface area contributed by atoms with Gasteiger partial charge in [-0.05, 0) is 25.2 Å². The predicted molar refractivity (Wildman–Crippen MR) is 79.7 cm³/mol. The third-order valence-electron chi connectivity index (χ3n) is 3.43. The molecule has 7 heteroatoms. The monoisotopic (exact) mass is 332 g/mol. The number of hydrogen-bond donors (Lipinski definition) is 3. The third-order valence-corrected chi connectivity index (χ3v) is 3.43. The fourth-order valence-corrected chi connectivity index (χ4v) is 2.38. The Labute approximate surface area is 142 Å². The van der Waals surface area contributed by atoms with Crippen LogP contribution in [0.15, 0.2) is 12.2 Å². The third kappa shape index (κ3) is 6.73. The van der Waals surface area contributed by atoms with E-state index in [1.54, 1.807) is 0 Å². The van der Waals surface area contributed by atoms with Gasteiger partial charge in [0.1, 0.15) is 5.78 Å². The van der Waals surface area contributed by atoms with E-state index in [-0.39, 0.29) is 25.0 Å². The average Bonchev–Trinajstić information content (AvgIpc) is 2.82. The zero-order valence-electron chi connectivity index (χ0n) is 18.2. The number of aliphatic hydroxyl groups is 1. The second-order valence-electron chi connectivity index (χ2n) is 5.09. The molecule has 0 aromatic carbocycles. The van der Waals surface area contributed by atoms with Crippen molar-refractivity contribution < 1.29 is 42.7 Å². The van der Waals surface area contributed by atoms with Crippen LogP contribution < -0.4 is 0 Å². The van der Waals surface area contributed by atoms with Crippen molar-refractivity contribution in [3.05, 3.63) is 12.2 Å². The summed E-state index contributed by atoms with van der Waals surface area (Å²) in [5.74, 6) is -6.46. The minimum Gasteiger partial charge on any atom is -0.481 e. The van der Waals surface area contributed by atoms with Crippen LogP contribution in [0.3, 0.4) is 0 Å². The van der Waals surface area contributed by atoms with E-state index in [1.807, 2.05) is 0 Å². The Morgan fingerprint density at radius 1 is 1.17 bits per heavy atom. The van der Waals surface area contributed by atoms with Crippen LogP contribution in [0.2, 0.25) is 0 Å². The maximum Gasteiger partial charge on any atom is 0.303 e. The molecule has 0 aromatic rings. The number of ketones is 2. The SMILES string of the molecule is [2H]C([2H])(CC(=O)/C=C/[C@H]1[C@H](O)CC(=O)[C@@H]1CCC(=O)O)C([2H])([2H])C([2H])([2H])C(=O)O. The number of hydrogen-bond acceptors (Lipinski definition) is 5. The van der Waals surface area contributed by atoms with Crippen LogP contribution in [0.1, 0.15) is 53.0 Å². The first-order valence-corrected chi connectivity index (χ1v) is 6.91. The molecule has 1 fully saturated rings. The minimum atomic E-state index is -3.60. The van der Waals surface area contributed by atoms with Crippen molar-refractivity contribution in [2.75, 3.05) is 0 Å². The fourth-order valence-electron chi connectivity index (χ4n) is 2.38. The largest absolute Gasteiger partial charge is 0.481 e. The van der Waals surface area contributed by atoms with E-state index in [1.165, 1.54) is 0 Å². The Bertz CT molecular complexity index is 719. The number of Topliss-reactive ketones (excluding diaryl/α,β-unsaturated/α-hetero) is 1. The smallest absolute Gasteiger partial charge is 0.303 e.